The summed E-state index contributed by atoms with van der Waals surface area (Å²) in [5, 5.41) is 3.34. The number of esters is 1. The Morgan fingerprint density at radius 1 is 1.39 bits per heavy atom. The molecule has 1 N–H and O–H groups in total. The standard InChI is InChI=1S/C14H17NO3/c1-17-13(16)10-2-3-11-9-18-14(12(11)8-10)4-6-15-7-5-14/h2-3,8,15H,4-7,9H2,1H3. The molecule has 2 aliphatic heterocycles. The highest BCUT2D eigenvalue weighted by atomic mass is 16.5. The average molecular weight is 247 g/mol. The van der Waals surface area contributed by atoms with Crippen molar-refractivity contribution in [1.82, 2.24) is 5.32 Å². The van der Waals surface area contributed by atoms with Gasteiger partial charge in [-0.05, 0) is 49.2 Å². The summed E-state index contributed by atoms with van der Waals surface area (Å²) in [6.45, 7) is 2.57. The van der Waals surface area contributed by atoms with Gasteiger partial charge in [0.2, 0.25) is 0 Å². The van der Waals surface area contributed by atoms with Gasteiger partial charge in [-0.25, -0.2) is 4.79 Å². The number of fused-ring (bicyclic) bond motifs is 2. The van der Waals surface area contributed by atoms with Crippen LogP contribution in [0.2, 0.25) is 0 Å². The number of carbonyl (C=O) groups excluding carboxylic acids is 1. The fourth-order valence-corrected chi connectivity index (χ4v) is 2.91. The van der Waals surface area contributed by atoms with Crippen LogP contribution in [0, 0.1) is 0 Å². The van der Waals surface area contributed by atoms with Crippen LogP contribution in [0.5, 0.6) is 0 Å². The topological polar surface area (TPSA) is 47.6 Å². The number of methoxy groups -OCH3 is 1. The molecule has 2 heterocycles. The second-order valence-corrected chi connectivity index (χ2v) is 4.90. The van der Waals surface area contributed by atoms with Crippen LogP contribution >= 0.6 is 0 Å². The molecule has 4 heteroatoms. The van der Waals surface area contributed by atoms with Crippen molar-refractivity contribution >= 4 is 5.97 Å². The molecule has 1 aromatic rings. The molecular formula is C14H17NO3. The maximum absolute atomic E-state index is 11.6. The molecule has 0 radical (unpaired) electrons. The van der Waals surface area contributed by atoms with Crippen molar-refractivity contribution in [1.29, 1.82) is 0 Å². The summed E-state index contributed by atoms with van der Waals surface area (Å²) in [7, 11) is 1.41. The Labute approximate surface area is 106 Å². The van der Waals surface area contributed by atoms with Crippen molar-refractivity contribution in [2.45, 2.75) is 25.0 Å². The van der Waals surface area contributed by atoms with Crippen LogP contribution in [0.1, 0.15) is 34.3 Å². The lowest BCUT2D eigenvalue weighted by Crippen LogP contribution is -2.39. The first-order chi connectivity index (χ1) is 8.75. The molecule has 18 heavy (non-hydrogen) atoms. The van der Waals surface area contributed by atoms with Crippen molar-refractivity contribution in [2.24, 2.45) is 0 Å². The quantitative estimate of drug-likeness (QED) is 0.765. The molecule has 1 saturated heterocycles. The predicted octanol–water partition coefficient (Wildman–Crippen LogP) is 1.58. The largest absolute Gasteiger partial charge is 0.465 e. The Hall–Kier alpha value is -1.39. The third kappa shape index (κ3) is 1.72. The van der Waals surface area contributed by atoms with Crippen LogP contribution < -0.4 is 5.32 Å². The van der Waals surface area contributed by atoms with E-state index in [-0.39, 0.29) is 11.6 Å². The van der Waals surface area contributed by atoms with Crippen molar-refractivity contribution in [3.8, 4) is 0 Å². The van der Waals surface area contributed by atoms with Gasteiger partial charge in [0, 0.05) is 0 Å². The molecule has 0 amide bonds. The third-order valence-corrected chi connectivity index (χ3v) is 3.94. The molecular weight excluding hydrogens is 230 g/mol. The number of piperidine rings is 1. The molecule has 0 unspecified atom stereocenters. The van der Waals surface area contributed by atoms with E-state index in [2.05, 4.69) is 5.32 Å². The van der Waals surface area contributed by atoms with E-state index in [1.807, 2.05) is 18.2 Å². The summed E-state index contributed by atoms with van der Waals surface area (Å²) < 4.78 is 10.8. The second-order valence-electron chi connectivity index (χ2n) is 4.90. The second kappa shape index (κ2) is 4.37. The zero-order valence-electron chi connectivity index (χ0n) is 10.5. The summed E-state index contributed by atoms with van der Waals surface area (Å²) in [6.07, 6.45) is 1.93. The maximum Gasteiger partial charge on any atom is 0.337 e. The lowest BCUT2D eigenvalue weighted by molar-refractivity contribution is -0.0590. The molecule has 0 saturated carbocycles. The van der Waals surface area contributed by atoms with E-state index >= 15 is 0 Å². The number of nitrogens with one attached hydrogen (secondary N) is 1. The van der Waals surface area contributed by atoms with Gasteiger partial charge in [0.15, 0.2) is 0 Å². The summed E-state index contributed by atoms with van der Waals surface area (Å²) in [5.74, 6) is -0.284. The highest BCUT2D eigenvalue weighted by Gasteiger charge is 2.41. The zero-order valence-corrected chi connectivity index (χ0v) is 10.5. The normalized spacial score (nSPS) is 20.7. The monoisotopic (exact) mass is 247 g/mol. The van der Waals surface area contributed by atoms with E-state index in [0.717, 1.165) is 25.9 Å². The Morgan fingerprint density at radius 2 is 2.17 bits per heavy atom. The van der Waals surface area contributed by atoms with Gasteiger partial charge >= 0.3 is 5.97 Å². The number of hydrogen-bond donors (Lipinski definition) is 1. The smallest absolute Gasteiger partial charge is 0.337 e. The minimum atomic E-state index is -0.284. The van der Waals surface area contributed by atoms with E-state index in [9.17, 15) is 4.79 Å². The molecule has 1 fully saturated rings. The Morgan fingerprint density at radius 3 is 2.89 bits per heavy atom. The first-order valence-electron chi connectivity index (χ1n) is 6.32. The summed E-state index contributed by atoms with van der Waals surface area (Å²) in [4.78, 5) is 11.6. The first-order valence-corrected chi connectivity index (χ1v) is 6.32. The molecule has 0 bridgehead atoms. The highest BCUT2D eigenvalue weighted by molar-refractivity contribution is 5.89. The van der Waals surface area contributed by atoms with Gasteiger partial charge in [-0.1, -0.05) is 6.07 Å². The van der Waals surface area contributed by atoms with Crippen LogP contribution in [-0.4, -0.2) is 26.2 Å². The first kappa shape index (κ1) is 11.7. The fraction of sp³-hybridized carbons (Fsp3) is 0.500. The van der Waals surface area contributed by atoms with Crippen molar-refractivity contribution in [3.63, 3.8) is 0 Å². The lowest BCUT2D eigenvalue weighted by atomic mass is 9.83. The molecule has 4 nitrogen and oxygen atoms in total. The van der Waals surface area contributed by atoms with Crippen LogP contribution in [0.4, 0.5) is 0 Å². The molecule has 96 valence electrons. The van der Waals surface area contributed by atoms with Gasteiger partial charge < -0.3 is 14.8 Å². The van der Waals surface area contributed by atoms with Gasteiger partial charge in [-0.15, -0.1) is 0 Å². The highest BCUT2D eigenvalue weighted by Crippen LogP contribution is 2.43. The van der Waals surface area contributed by atoms with Crippen molar-refractivity contribution in [2.75, 3.05) is 20.2 Å². The SMILES string of the molecule is COC(=O)c1ccc2c(c1)C1(CCNCC1)OC2. The number of ether oxygens (including phenoxy) is 2. The lowest BCUT2D eigenvalue weighted by Gasteiger charge is -2.34. The Balaban J connectivity index is 2.00. The van der Waals surface area contributed by atoms with Crippen LogP contribution in [-0.2, 0) is 21.7 Å². The minimum absolute atomic E-state index is 0.190. The minimum Gasteiger partial charge on any atom is -0.465 e. The van der Waals surface area contributed by atoms with E-state index in [1.165, 1.54) is 18.2 Å². The fourth-order valence-electron chi connectivity index (χ4n) is 2.91. The van der Waals surface area contributed by atoms with Crippen LogP contribution in [0.15, 0.2) is 18.2 Å². The van der Waals surface area contributed by atoms with E-state index in [1.54, 1.807) is 0 Å². The molecule has 1 spiro atoms. The summed E-state index contributed by atoms with van der Waals surface area (Å²) >= 11 is 0. The predicted molar refractivity (Wildman–Crippen MR) is 66.4 cm³/mol. The van der Waals surface area contributed by atoms with Gasteiger partial charge in [0.1, 0.15) is 0 Å². The molecule has 2 aliphatic rings. The number of carbonyl (C=O) groups is 1. The van der Waals surface area contributed by atoms with E-state index in [0.29, 0.717) is 12.2 Å². The summed E-state index contributed by atoms with van der Waals surface area (Å²) in [6, 6.07) is 5.74. The van der Waals surface area contributed by atoms with Crippen LogP contribution in [0.25, 0.3) is 0 Å². The Kier molecular flexibility index (Phi) is 2.84. The Bertz CT molecular complexity index is 472. The molecule has 0 atom stereocenters. The van der Waals surface area contributed by atoms with Crippen molar-refractivity contribution in [3.05, 3.63) is 34.9 Å². The summed E-state index contributed by atoms with van der Waals surface area (Å²) in [5.41, 5.74) is 2.79. The van der Waals surface area contributed by atoms with Gasteiger partial charge in [0.25, 0.3) is 0 Å². The van der Waals surface area contributed by atoms with Crippen molar-refractivity contribution < 1.29 is 14.3 Å². The van der Waals surface area contributed by atoms with Gasteiger partial charge in [0.05, 0.1) is 24.9 Å². The van der Waals surface area contributed by atoms with Crippen LogP contribution in [0.3, 0.4) is 0 Å². The number of rotatable bonds is 1. The zero-order chi connectivity index (χ0) is 12.6. The molecule has 0 aromatic heterocycles. The van der Waals surface area contributed by atoms with E-state index in [4.69, 9.17) is 9.47 Å². The third-order valence-electron chi connectivity index (χ3n) is 3.94. The number of hydrogen-bond acceptors (Lipinski definition) is 4. The molecule has 3 rings (SSSR count). The van der Waals surface area contributed by atoms with E-state index < -0.39 is 0 Å². The molecule has 0 aliphatic carbocycles. The number of benzene rings is 1. The molecule has 1 aromatic carbocycles. The van der Waals surface area contributed by atoms with Gasteiger partial charge in [-0.2, -0.15) is 0 Å². The average Bonchev–Trinajstić information content (AvgIpc) is 2.77. The maximum atomic E-state index is 11.6. The van der Waals surface area contributed by atoms with Gasteiger partial charge in [-0.3, -0.25) is 0 Å².